The maximum atomic E-state index is 13.0. The molecule has 2 rings (SSSR count). The fourth-order valence-electron chi connectivity index (χ4n) is 2.41. The van der Waals surface area contributed by atoms with Gasteiger partial charge in [-0.05, 0) is 31.2 Å². The van der Waals surface area contributed by atoms with E-state index in [1.54, 1.807) is 6.07 Å². The van der Waals surface area contributed by atoms with Gasteiger partial charge < -0.3 is 5.32 Å². The van der Waals surface area contributed by atoms with Gasteiger partial charge in [0.25, 0.3) is 0 Å². The van der Waals surface area contributed by atoms with E-state index in [4.69, 9.17) is 0 Å². The van der Waals surface area contributed by atoms with Gasteiger partial charge in [0.2, 0.25) is 5.95 Å². The highest BCUT2D eigenvalue weighted by Gasteiger charge is 2.30. The van der Waals surface area contributed by atoms with Gasteiger partial charge in [0.05, 0.1) is 0 Å². The smallest absolute Gasteiger partial charge is 0.214 e. The third kappa shape index (κ3) is 3.35. The van der Waals surface area contributed by atoms with E-state index in [1.165, 1.54) is 38.2 Å². The predicted octanol–water partition coefficient (Wildman–Crippen LogP) is 3.70. The minimum atomic E-state index is -0.420. The van der Waals surface area contributed by atoms with Crippen LogP contribution in [0.3, 0.4) is 0 Å². The maximum absolute atomic E-state index is 13.0. The number of nitrogens with zero attached hydrogens (tertiary/aromatic N) is 1. The number of aromatic nitrogens is 1. The Balaban J connectivity index is 1.95. The first kappa shape index (κ1) is 12.7. The highest BCUT2D eigenvalue weighted by molar-refractivity contribution is 8.00. The highest BCUT2D eigenvalue weighted by Crippen LogP contribution is 2.38. The molecule has 0 saturated heterocycles. The number of thioether (sulfide) groups is 1. The van der Waals surface area contributed by atoms with Crippen molar-refractivity contribution in [3.8, 4) is 0 Å². The van der Waals surface area contributed by atoms with E-state index in [2.05, 4.69) is 16.6 Å². The second-order valence-corrected chi connectivity index (χ2v) is 5.92. The molecule has 1 aliphatic rings. The number of nitrogens with one attached hydrogen (secondary N) is 1. The fourth-order valence-corrected chi connectivity index (χ4v) is 3.32. The van der Waals surface area contributed by atoms with Crippen LogP contribution in [-0.4, -0.2) is 22.5 Å². The average Bonchev–Trinajstić information content (AvgIpc) is 2.38. The van der Waals surface area contributed by atoms with Crippen LogP contribution >= 0.6 is 11.8 Å². The van der Waals surface area contributed by atoms with Crippen LogP contribution in [-0.2, 0) is 0 Å². The second-order valence-electron chi connectivity index (χ2n) is 4.65. The van der Waals surface area contributed by atoms with Gasteiger partial charge in [-0.3, -0.25) is 0 Å². The van der Waals surface area contributed by atoms with Crippen molar-refractivity contribution in [2.75, 3.05) is 18.1 Å². The largest absolute Gasteiger partial charge is 0.369 e. The van der Waals surface area contributed by atoms with Crippen LogP contribution in [0.15, 0.2) is 18.2 Å². The Hall–Kier alpha value is -0.770. The molecule has 1 heterocycles. The van der Waals surface area contributed by atoms with Crippen molar-refractivity contribution in [1.82, 2.24) is 4.98 Å². The zero-order chi connectivity index (χ0) is 12.1. The summed E-state index contributed by atoms with van der Waals surface area (Å²) < 4.78 is 13.3. The molecule has 17 heavy (non-hydrogen) atoms. The van der Waals surface area contributed by atoms with E-state index in [1.807, 2.05) is 17.8 Å². The standard InChI is InChI=1S/C13H19FN2S/c1-17-13(8-3-2-4-9-13)10-15-12-7-5-6-11(14)16-12/h5-7H,2-4,8-10H2,1H3,(H,15,16). The molecule has 0 spiro atoms. The van der Waals surface area contributed by atoms with Crippen LogP contribution in [0.2, 0.25) is 0 Å². The van der Waals surface area contributed by atoms with Crippen LogP contribution < -0.4 is 5.32 Å². The van der Waals surface area contributed by atoms with Crippen LogP contribution in [0.5, 0.6) is 0 Å². The number of halogens is 1. The number of hydrogen-bond donors (Lipinski definition) is 1. The van der Waals surface area contributed by atoms with Crippen LogP contribution in [0.1, 0.15) is 32.1 Å². The summed E-state index contributed by atoms with van der Waals surface area (Å²) in [6.07, 6.45) is 8.62. The van der Waals surface area contributed by atoms with Crippen molar-refractivity contribution < 1.29 is 4.39 Å². The Morgan fingerprint density at radius 3 is 2.76 bits per heavy atom. The van der Waals surface area contributed by atoms with E-state index in [-0.39, 0.29) is 0 Å². The molecule has 1 N–H and O–H groups in total. The molecular formula is C13H19FN2S. The average molecular weight is 254 g/mol. The van der Waals surface area contributed by atoms with Gasteiger partial charge in [0.15, 0.2) is 0 Å². The van der Waals surface area contributed by atoms with Crippen molar-refractivity contribution in [3.63, 3.8) is 0 Å². The molecule has 1 aromatic rings. The summed E-state index contributed by atoms with van der Waals surface area (Å²) in [6.45, 7) is 0.880. The summed E-state index contributed by atoms with van der Waals surface area (Å²) in [5.41, 5.74) is 0. The summed E-state index contributed by atoms with van der Waals surface area (Å²) in [5.74, 6) is 0.223. The molecule has 94 valence electrons. The lowest BCUT2D eigenvalue weighted by Crippen LogP contribution is -2.35. The van der Waals surface area contributed by atoms with Gasteiger partial charge in [-0.1, -0.05) is 25.3 Å². The lowest BCUT2D eigenvalue weighted by Gasteiger charge is -2.36. The van der Waals surface area contributed by atoms with Crippen LogP contribution in [0, 0.1) is 5.95 Å². The predicted molar refractivity (Wildman–Crippen MR) is 72.0 cm³/mol. The Morgan fingerprint density at radius 2 is 2.12 bits per heavy atom. The molecule has 0 radical (unpaired) electrons. The number of hydrogen-bond acceptors (Lipinski definition) is 3. The third-order valence-corrected chi connectivity index (χ3v) is 4.92. The van der Waals surface area contributed by atoms with Crippen LogP contribution in [0.4, 0.5) is 10.2 Å². The van der Waals surface area contributed by atoms with Crippen molar-refractivity contribution in [3.05, 3.63) is 24.1 Å². The minimum absolute atomic E-state index is 0.312. The Morgan fingerprint density at radius 1 is 1.35 bits per heavy atom. The zero-order valence-corrected chi connectivity index (χ0v) is 11.0. The van der Waals surface area contributed by atoms with Crippen molar-refractivity contribution in [2.24, 2.45) is 0 Å². The quantitative estimate of drug-likeness (QED) is 0.829. The van der Waals surface area contributed by atoms with E-state index in [9.17, 15) is 4.39 Å². The van der Waals surface area contributed by atoms with E-state index in [0.717, 1.165) is 6.54 Å². The maximum Gasteiger partial charge on any atom is 0.214 e. The second kappa shape index (κ2) is 5.71. The summed E-state index contributed by atoms with van der Waals surface area (Å²) >= 11 is 1.93. The van der Waals surface area contributed by atoms with Gasteiger partial charge in [0.1, 0.15) is 5.82 Å². The molecule has 2 nitrogen and oxygen atoms in total. The van der Waals surface area contributed by atoms with E-state index < -0.39 is 5.95 Å². The Kier molecular flexibility index (Phi) is 4.26. The molecule has 0 bridgehead atoms. The lowest BCUT2D eigenvalue weighted by molar-refractivity contribution is 0.411. The number of rotatable bonds is 4. The summed E-state index contributed by atoms with van der Waals surface area (Å²) in [7, 11) is 0. The summed E-state index contributed by atoms with van der Waals surface area (Å²) in [4.78, 5) is 3.84. The van der Waals surface area contributed by atoms with Crippen molar-refractivity contribution in [1.29, 1.82) is 0 Å². The topological polar surface area (TPSA) is 24.9 Å². The van der Waals surface area contributed by atoms with Gasteiger partial charge in [-0.2, -0.15) is 16.2 Å². The Bertz CT molecular complexity index is 364. The molecule has 0 aromatic carbocycles. The molecule has 0 amide bonds. The summed E-state index contributed by atoms with van der Waals surface area (Å²) in [5, 5.41) is 3.28. The molecule has 0 aliphatic heterocycles. The first-order chi connectivity index (χ1) is 8.24. The molecule has 1 aliphatic carbocycles. The lowest BCUT2D eigenvalue weighted by atomic mass is 9.88. The van der Waals surface area contributed by atoms with Crippen molar-refractivity contribution >= 4 is 17.6 Å². The van der Waals surface area contributed by atoms with E-state index >= 15 is 0 Å². The minimum Gasteiger partial charge on any atom is -0.369 e. The van der Waals surface area contributed by atoms with Crippen LogP contribution in [0.25, 0.3) is 0 Å². The third-order valence-electron chi connectivity index (χ3n) is 3.50. The molecule has 1 fully saturated rings. The van der Waals surface area contributed by atoms with Gasteiger partial charge >= 0.3 is 0 Å². The van der Waals surface area contributed by atoms with Gasteiger partial charge in [-0.15, -0.1) is 0 Å². The number of pyridine rings is 1. The molecular weight excluding hydrogens is 235 g/mol. The molecule has 0 unspecified atom stereocenters. The fraction of sp³-hybridized carbons (Fsp3) is 0.615. The van der Waals surface area contributed by atoms with Crippen molar-refractivity contribution in [2.45, 2.75) is 36.9 Å². The molecule has 1 aromatic heterocycles. The zero-order valence-electron chi connectivity index (χ0n) is 10.2. The first-order valence-electron chi connectivity index (χ1n) is 6.16. The summed E-state index contributed by atoms with van der Waals surface area (Å²) in [6, 6.07) is 4.88. The van der Waals surface area contributed by atoms with Gasteiger partial charge in [0, 0.05) is 11.3 Å². The monoisotopic (exact) mass is 254 g/mol. The first-order valence-corrected chi connectivity index (χ1v) is 7.38. The molecule has 0 atom stereocenters. The highest BCUT2D eigenvalue weighted by atomic mass is 32.2. The molecule has 1 saturated carbocycles. The number of anilines is 1. The van der Waals surface area contributed by atoms with E-state index in [0.29, 0.717) is 10.6 Å². The van der Waals surface area contributed by atoms with Gasteiger partial charge in [-0.25, -0.2) is 4.98 Å². The SMILES string of the molecule is CSC1(CNc2cccc(F)n2)CCCCC1. The Labute approximate surface area is 106 Å². The molecule has 4 heteroatoms. The normalized spacial score (nSPS) is 18.9.